The molecule has 0 bridgehead atoms. The molecule has 0 radical (unpaired) electrons. The number of fused-ring (bicyclic) bond motifs is 1. The molecule has 2 amide bonds. The lowest BCUT2D eigenvalue weighted by atomic mass is 10.1. The molecule has 20 heavy (non-hydrogen) atoms. The van der Waals surface area contributed by atoms with Crippen LogP contribution in [-0.4, -0.2) is 12.6 Å². The van der Waals surface area contributed by atoms with Gasteiger partial charge in [0.2, 0.25) is 0 Å². The Morgan fingerprint density at radius 3 is 2.75 bits per heavy atom. The van der Waals surface area contributed by atoms with Crippen molar-refractivity contribution in [1.82, 2.24) is 5.32 Å². The van der Waals surface area contributed by atoms with Gasteiger partial charge in [0.15, 0.2) is 0 Å². The third-order valence-corrected chi connectivity index (χ3v) is 3.04. The number of nitrogens with one attached hydrogen (secondary N) is 2. The van der Waals surface area contributed by atoms with Crippen molar-refractivity contribution in [3.05, 3.63) is 42.5 Å². The molecular formula is C16H17N3O. The summed E-state index contributed by atoms with van der Waals surface area (Å²) in [5.74, 6) is 0. The van der Waals surface area contributed by atoms with Crippen molar-refractivity contribution >= 4 is 22.5 Å². The van der Waals surface area contributed by atoms with Gasteiger partial charge in [0.25, 0.3) is 0 Å². The van der Waals surface area contributed by atoms with Crippen molar-refractivity contribution in [3.63, 3.8) is 0 Å². The first-order valence-corrected chi connectivity index (χ1v) is 6.71. The van der Waals surface area contributed by atoms with E-state index in [0.29, 0.717) is 13.0 Å². The number of carbonyl (C=O) groups is 1. The highest BCUT2D eigenvalue weighted by Gasteiger charge is 2.04. The van der Waals surface area contributed by atoms with Gasteiger partial charge in [0.05, 0.1) is 11.8 Å². The Morgan fingerprint density at radius 2 is 1.90 bits per heavy atom. The summed E-state index contributed by atoms with van der Waals surface area (Å²) in [7, 11) is 0. The molecule has 0 aromatic heterocycles. The summed E-state index contributed by atoms with van der Waals surface area (Å²) < 4.78 is 0. The van der Waals surface area contributed by atoms with E-state index < -0.39 is 0 Å². The average Bonchev–Trinajstić information content (AvgIpc) is 2.47. The predicted molar refractivity (Wildman–Crippen MR) is 80.4 cm³/mol. The number of hydrogen-bond donors (Lipinski definition) is 2. The zero-order valence-corrected chi connectivity index (χ0v) is 11.2. The first kappa shape index (κ1) is 13.9. The summed E-state index contributed by atoms with van der Waals surface area (Å²) in [6.07, 6.45) is 2.16. The summed E-state index contributed by atoms with van der Waals surface area (Å²) in [4.78, 5) is 11.8. The average molecular weight is 267 g/mol. The molecule has 0 saturated carbocycles. The number of nitriles is 1. The highest BCUT2D eigenvalue weighted by atomic mass is 16.2. The van der Waals surface area contributed by atoms with Gasteiger partial charge in [-0.2, -0.15) is 5.26 Å². The normalized spacial score (nSPS) is 9.95. The second kappa shape index (κ2) is 7.15. The van der Waals surface area contributed by atoms with Crippen LogP contribution >= 0.6 is 0 Å². The maximum absolute atomic E-state index is 11.8. The second-order valence-electron chi connectivity index (χ2n) is 4.52. The summed E-state index contributed by atoms with van der Waals surface area (Å²) in [5, 5.41) is 16.2. The lowest BCUT2D eigenvalue weighted by Gasteiger charge is -2.09. The molecule has 0 heterocycles. The Labute approximate surface area is 118 Å². The van der Waals surface area contributed by atoms with Gasteiger partial charge >= 0.3 is 6.03 Å². The lowest BCUT2D eigenvalue weighted by molar-refractivity contribution is 0.252. The molecule has 0 atom stereocenters. The number of hydrogen-bond acceptors (Lipinski definition) is 2. The van der Waals surface area contributed by atoms with Gasteiger partial charge in [-0.3, -0.25) is 0 Å². The van der Waals surface area contributed by atoms with E-state index in [9.17, 15) is 4.79 Å². The SMILES string of the molecule is N#CCCCCNC(=O)Nc1cccc2ccccc12. The molecule has 0 saturated heterocycles. The fraction of sp³-hybridized carbons (Fsp3) is 0.250. The number of nitrogens with zero attached hydrogens (tertiary/aromatic N) is 1. The van der Waals surface area contributed by atoms with Crippen LogP contribution < -0.4 is 10.6 Å². The van der Waals surface area contributed by atoms with Crippen molar-refractivity contribution in [1.29, 1.82) is 5.26 Å². The Bertz CT molecular complexity index is 626. The maximum atomic E-state index is 11.8. The number of carbonyl (C=O) groups excluding carboxylic acids is 1. The minimum absolute atomic E-state index is 0.210. The van der Waals surface area contributed by atoms with Crippen molar-refractivity contribution in [2.75, 3.05) is 11.9 Å². The zero-order chi connectivity index (χ0) is 14.2. The summed E-state index contributed by atoms with van der Waals surface area (Å²) in [5.41, 5.74) is 0.803. The van der Waals surface area contributed by atoms with Crippen LogP contribution in [0.4, 0.5) is 10.5 Å². The van der Waals surface area contributed by atoms with Crippen LogP contribution in [0.25, 0.3) is 10.8 Å². The predicted octanol–water partition coefficient (Wildman–Crippen LogP) is 3.66. The Morgan fingerprint density at radius 1 is 1.10 bits per heavy atom. The van der Waals surface area contributed by atoms with Crippen LogP contribution in [0.1, 0.15) is 19.3 Å². The molecule has 4 nitrogen and oxygen atoms in total. The summed E-state index contributed by atoms with van der Waals surface area (Å²) in [6, 6.07) is 15.6. The van der Waals surface area contributed by atoms with Gasteiger partial charge in [0, 0.05) is 18.4 Å². The molecule has 0 spiro atoms. The van der Waals surface area contributed by atoms with E-state index in [4.69, 9.17) is 5.26 Å². The minimum Gasteiger partial charge on any atom is -0.338 e. The van der Waals surface area contributed by atoms with Crippen molar-refractivity contribution < 1.29 is 4.79 Å². The number of rotatable bonds is 5. The largest absolute Gasteiger partial charge is 0.338 e. The fourth-order valence-corrected chi connectivity index (χ4v) is 2.03. The van der Waals surface area contributed by atoms with Crippen molar-refractivity contribution in [3.8, 4) is 6.07 Å². The van der Waals surface area contributed by atoms with E-state index in [1.807, 2.05) is 42.5 Å². The Kier molecular flexibility index (Phi) is 4.96. The molecule has 0 unspecified atom stereocenters. The smallest absolute Gasteiger partial charge is 0.319 e. The van der Waals surface area contributed by atoms with Crippen LogP contribution in [0, 0.1) is 11.3 Å². The molecule has 0 fully saturated rings. The first-order chi connectivity index (χ1) is 9.81. The van der Waals surface area contributed by atoms with E-state index in [-0.39, 0.29) is 6.03 Å². The van der Waals surface area contributed by atoms with Gasteiger partial charge in [-0.05, 0) is 24.3 Å². The summed E-state index contributed by atoms with van der Waals surface area (Å²) >= 11 is 0. The monoisotopic (exact) mass is 267 g/mol. The maximum Gasteiger partial charge on any atom is 0.319 e. The van der Waals surface area contributed by atoms with Gasteiger partial charge < -0.3 is 10.6 Å². The first-order valence-electron chi connectivity index (χ1n) is 6.71. The van der Waals surface area contributed by atoms with Gasteiger partial charge in [-0.15, -0.1) is 0 Å². The molecule has 4 heteroatoms. The molecule has 0 aliphatic heterocycles. The molecule has 2 N–H and O–H groups in total. The molecule has 2 aromatic rings. The molecule has 102 valence electrons. The van der Waals surface area contributed by atoms with E-state index in [2.05, 4.69) is 16.7 Å². The number of amides is 2. The summed E-state index contributed by atoms with van der Waals surface area (Å²) in [6.45, 7) is 0.582. The highest BCUT2D eigenvalue weighted by Crippen LogP contribution is 2.22. The van der Waals surface area contributed by atoms with E-state index in [1.54, 1.807) is 0 Å². The molecule has 0 aliphatic carbocycles. The lowest BCUT2D eigenvalue weighted by Crippen LogP contribution is -2.29. The van der Waals surface area contributed by atoms with Crippen LogP contribution in [0.5, 0.6) is 0 Å². The molecule has 2 aromatic carbocycles. The minimum atomic E-state index is -0.210. The van der Waals surface area contributed by atoms with Crippen molar-refractivity contribution in [2.24, 2.45) is 0 Å². The number of benzene rings is 2. The third-order valence-electron chi connectivity index (χ3n) is 3.04. The topological polar surface area (TPSA) is 64.9 Å². The van der Waals surface area contributed by atoms with Crippen LogP contribution in [0.3, 0.4) is 0 Å². The van der Waals surface area contributed by atoms with Crippen LogP contribution in [0.2, 0.25) is 0 Å². The van der Waals surface area contributed by atoms with E-state index in [0.717, 1.165) is 29.3 Å². The standard InChI is InChI=1S/C16H17N3O/c17-11-4-1-5-12-18-16(20)19-15-10-6-8-13-7-2-3-9-14(13)15/h2-3,6-10H,1,4-5,12H2,(H2,18,19,20). The highest BCUT2D eigenvalue weighted by molar-refractivity contribution is 6.01. The number of anilines is 1. The molecule has 0 aliphatic rings. The van der Waals surface area contributed by atoms with E-state index >= 15 is 0 Å². The quantitative estimate of drug-likeness (QED) is 0.812. The van der Waals surface area contributed by atoms with Crippen LogP contribution in [-0.2, 0) is 0 Å². The molecule has 2 rings (SSSR count). The Balaban J connectivity index is 1.92. The van der Waals surface area contributed by atoms with Crippen molar-refractivity contribution in [2.45, 2.75) is 19.3 Å². The number of unbranched alkanes of at least 4 members (excludes halogenated alkanes) is 2. The van der Waals surface area contributed by atoms with Gasteiger partial charge in [-0.25, -0.2) is 4.79 Å². The van der Waals surface area contributed by atoms with Gasteiger partial charge in [0.1, 0.15) is 0 Å². The van der Waals surface area contributed by atoms with E-state index in [1.165, 1.54) is 0 Å². The van der Waals surface area contributed by atoms with Gasteiger partial charge in [-0.1, -0.05) is 36.4 Å². The third kappa shape index (κ3) is 3.72. The second-order valence-corrected chi connectivity index (χ2v) is 4.52. The van der Waals surface area contributed by atoms with Crippen LogP contribution in [0.15, 0.2) is 42.5 Å². The Hall–Kier alpha value is -2.54. The molecular weight excluding hydrogens is 250 g/mol. The number of urea groups is 1. The fourth-order valence-electron chi connectivity index (χ4n) is 2.03. The zero-order valence-electron chi connectivity index (χ0n) is 11.2.